The number of carbonyl (C=O) groups excluding carboxylic acids is 1. The molecular weight excluding hydrogens is 424 g/mol. The van der Waals surface area contributed by atoms with Crippen LogP contribution in [0.5, 0.6) is 0 Å². The van der Waals surface area contributed by atoms with Crippen molar-refractivity contribution in [3.8, 4) is 22.0 Å². The molecule has 4 aromatic heterocycles. The van der Waals surface area contributed by atoms with Gasteiger partial charge in [0.1, 0.15) is 16.3 Å². The topological polar surface area (TPSA) is 98.2 Å². The van der Waals surface area contributed by atoms with Crippen molar-refractivity contribution in [2.24, 2.45) is 0 Å². The monoisotopic (exact) mass is 444 g/mol. The van der Waals surface area contributed by atoms with E-state index in [0.717, 1.165) is 27.4 Å². The highest BCUT2D eigenvalue weighted by Gasteiger charge is 2.16. The molecule has 4 heterocycles. The van der Waals surface area contributed by atoms with Gasteiger partial charge in [-0.3, -0.25) is 9.20 Å². The number of nitrogens with zero attached hydrogens (tertiary/aromatic N) is 5. The number of amides is 1. The van der Waals surface area contributed by atoms with E-state index in [2.05, 4.69) is 32.3 Å². The number of anilines is 1. The third kappa shape index (κ3) is 3.56. The van der Waals surface area contributed by atoms with Crippen LogP contribution in [0.4, 0.5) is 5.69 Å². The first-order valence-corrected chi connectivity index (χ1v) is 10.8. The van der Waals surface area contributed by atoms with Crippen LogP contribution >= 0.6 is 11.3 Å². The minimum atomic E-state index is -0.259. The van der Waals surface area contributed by atoms with Gasteiger partial charge in [0.25, 0.3) is 5.91 Å². The molecule has 8 nitrogen and oxygen atoms in total. The summed E-state index contributed by atoms with van der Waals surface area (Å²) >= 11 is 1.63. The number of aromatic nitrogens is 5. The van der Waals surface area contributed by atoms with Gasteiger partial charge in [0.15, 0.2) is 0 Å². The standard InChI is InChI=1S/C23H20N6O2S/c1-12-5-6-16(21-26-15(4)31-28-21)9-18(12)27-22(30)19-10-24-20-8-7-17(11-29(19)20)23-25-13(2)14(3)32-23/h5-11H,1-4H3,(H,27,30). The number of pyridine rings is 1. The van der Waals surface area contributed by atoms with Crippen molar-refractivity contribution in [1.29, 1.82) is 0 Å². The van der Waals surface area contributed by atoms with Crippen molar-refractivity contribution in [2.45, 2.75) is 27.7 Å². The molecule has 0 bridgehead atoms. The van der Waals surface area contributed by atoms with Gasteiger partial charge < -0.3 is 9.84 Å². The van der Waals surface area contributed by atoms with Crippen LogP contribution in [0.3, 0.4) is 0 Å². The molecule has 0 saturated carbocycles. The lowest BCUT2D eigenvalue weighted by atomic mass is 10.1. The molecule has 5 aromatic rings. The second kappa shape index (κ2) is 7.69. The maximum atomic E-state index is 13.2. The number of imidazole rings is 1. The second-order valence-corrected chi connectivity index (χ2v) is 8.77. The average molecular weight is 445 g/mol. The number of aryl methyl sites for hydroxylation is 4. The van der Waals surface area contributed by atoms with Gasteiger partial charge in [0, 0.05) is 34.8 Å². The second-order valence-electron chi connectivity index (χ2n) is 7.57. The summed E-state index contributed by atoms with van der Waals surface area (Å²) < 4.78 is 6.86. The Hall–Kier alpha value is -3.85. The zero-order chi connectivity index (χ0) is 22.4. The summed E-state index contributed by atoms with van der Waals surface area (Å²) in [7, 11) is 0. The van der Waals surface area contributed by atoms with E-state index >= 15 is 0 Å². The first-order chi connectivity index (χ1) is 15.4. The van der Waals surface area contributed by atoms with Crippen LogP contribution in [0.2, 0.25) is 0 Å². The number of hydrogen-bond donors (Lipinski definition) is 1. The van der Waals surface area contributed by atoms with E-state index in [1.54, 1.807) is 28.9 Å². The Balaban J connectivity index is 1.48. The van der Waals surface area contributed by atoms with Crippen molar-refractivity contribution in [3.05, 3.63) is 70.4 Å². The predicted molar refractivity (Wildman–Crippen MR) is 123 cm³/mol. The van der Waals surface area contributed by atoms with E-state index < -0.39 is 0 Å². The number of carbonyl (C=O) groups is 1. The summed E-state index contributed by atoms with van der Waals surface area (Å²) in [5.41, 5.74) is 5.44. The first-order valence-electron chi connectivity index (χ1n) is 10.0. The summed E-state index contributed by atoms with van der Waals surface area (Å²) in [6, 6.07) is 9.52. The highest BCUT2D eigenvalue weighted by atomic mass is 32.1. The molecule has 0 radical (unpaired) electrons. The maximum Gasteiger partial charge on any atom is 0.274 e. The molecule has 5 rings (SSSR count). The van der Waals surface area contributed by atoms with Gasteiger partial charge in [-0.1, -0.05) is 17.3 Å². The first kappa shape index (κ1) is 20.1. The van der Waals surface area contributed by atoms with Crippen LogP contribution in [0, 0.1) is 27.7 Å². The number of fused-ring (bicyclic) bond motifs is 1. The van der Waals surface area contributed by atoms with Crippen LogP contribution in [0.25, 0.3) is 27.6 Å². The smallest absolute Gasteiger partial charge is 0.274 e. The molecule has 9 heteroatoms. The van der Waals surface area contributed by atoms with Crippen molar-refractivity contribution in [1.82, 2.24) is 24.5 Å². The molecule has 0 spiro atoms. The zero-order valence-electron chi connectivity index (χ0n) is 18.0. The van der Waals surface area contributed by atoms with Gasteiger partial charge in [-0.2, -0.15) is 4.98 Å². The van der Waals surface area contributed by atoms with E-state index in [4.69, 9.17) is 4.52 Å². The van der Waals surface area contributed by atoms with Gasteiger partial charge in [-0.25, -0.2) is 9.97 Å². The predicted octanol–water partition coefficient (Wildman–Crippen LogP) is 4.99. The van der Waals surface area contributed by atoms with E-state index in [0.29, 0.717) is 28.7 Å². The summed E-state index contributed by atoms with van der Waals surface area (Å²) in [5, 5.41) is 7.87. The van der Waals surface area contributed by atoms with E-state index in [1.807, 2.05) is 50.4 Å². The highest BCUT2D eigenvalue weighted by molar-refractivity contribution is 7.15. The van der Waals surface area contributed by atoms with Crippen molar-refractivity contribution < 1.29 is 9.32 Å². The molecule has 160 valence electrons. The fourth-order valence-electron chi connectivity index (χ4n) is 3.37. The molecule has 1 amide bonds. The minimum absolute atomic E-state index is 0.259. The summed E-state index contributed by atoms with van der Waals surface area (Å²) in [4.78, 5) is 27.6. The molecule has 0 fully saturated rings. The zero-order valence-corrected chi connectivity index (χ0v) is 18.8. The van der Waals surface area contributed by atoms with E-state index in [1.165, 1.54) is 4.88 Å². The lowest BCUT2D eigenvalue weighted by molar-refractivity contribution is 0.102. The summed E-state index contributed by atoms with van der Waals surface area (Å²) in [6.07, 6.45) is 3.48. The van der Waals surface area contributed by atoms with Gasteiger partial charge in [-0.15, -0.1) is 11.3 Å². The molecule has 0 atom stereocenters. The largest absolute Gasteiger partial charge is 0.339 e. The quantitative estimate of drug-likeness (QED) is 0.419. The minimum Gasteiger partial charge on any atom is -0.339 e. The average Bonchev–Trinajstić information content (AvgIpc) is 3.48. The molecule has 0 saturated heterocycles. The Kier molecular flexibility index (Phi) is 4.82. The molecule has 1 N–H and O–H groups in total. The van der Waals surface area contributed by atoms with Crippen LogP contribution < -0.4 is 5.32 Å². The van der Waals surface area contributed by atoms with Crippen molar-refractivity contribution in [3.63, 3.8) is 0 Å². The Morgan fingerprint density at radius 3 is 2.59 bits per heavy atom. The van der Waals surface area contributed by atoms with Crippen LogP contribution in [0.1, 0.15) is 32.5 Å². The Labute approximate surface area is 188 Å². The Morgan fingerprint density at radius 2 is 1.88 bits per heavy atom. The number of thiazole rings is 1. The number of nitrogens with one attached hydrogen (secondary N) is 1. The lowest BCUT2D eigenvalue weighted by Crippen LogP contribution is -2.15. The molecule has 32 heavy (non-hydrogen) atoms. The number of hydrogen-bond acceptors (Lipinski definition) is 7. The van der Waals surface area contributed by atoms with Crippen molar-refractivity contribution in [2.75, 3.05) is 5.32 Å². The van der Waals surface area contributed by atoms with Gasteiger partial charge in [0.2, 0.25) is 11.7 Å². The summed E-state index contributed by atoms with van der Waals surface area (Å²) in [6.45, 7) is 7.72. The third-order valence-corrected chi connectivity index (χ3v) is 6.41. The van der Waals surface area contributed by atoms with E-state index in [9.17, 15) is 4.79 Å². The van der Waals surface area contributed by atoms with Crippen LogP contribution in [-0.2, 0) is 0 Å². The fourth-order valence-corrected chi connectivity index (χ4v) is 4.27. The Morgan fingerprint density at radius 1 is 1.06 bits per heavy atom. The fraction of sp³-hybridized carbons (Fsp3) is 0.174. The van der Waals surface area contributed by atoms with Gasteiger partial charge in [-0.05, 0) is 44.5 Å². The molecular formula is C23H20N6O2S. The van der Waals surface area contributed by atoms with Gasteiger partial charge in [0.05, 0.1) is 11.9 Å². The van der Waals surface area contributed by atoms with Crippen LogP contribution in [-0.4, -0.2) is 30.4 Å². The van der Waals surface area contributed by atoms with Gasteiger partial charge >= 0.3 is 0 Å². The van der Waals surface area contributed by atoms with Crippen molar-refractivity contribution >= 4 is 28.6 Å². The maximum absolute atomic E-state index is 13.2. The SMILES string of the molecule is Cc1nc(-c2ccc(C)c(NC(=O)c3cnc4ccc(-c5nc(C)c(C)s5)cn34)c2)no1. The molecule has 0 aliphatic rings. The third-order valence-electron chi connectivity index (χ3n) is 5.29. The number of benzene rings is 1. The Bertz CT molecular complexity index is 1460. The van der Waals surface area contributed by atoms with E-state index in [-0.39, 0.29) is 5.91 Å². The normalized spacial score (nSPS) is 11.2. The number of rotatable bonds is 4. The molecule has 0 aliphatic heterocycles. The lowest BCUT2D eigenvalue weighted by Gasteiger charge is -2.10. The summed E-state index contributed by atoms with van der Waals surface area (Å²) in [5.74, 6) is 0.704. The highest BCUT2D eigenvalue weighted by Crippen LogP contribution is 2.28. The molecule has 1 aromatic carbocycles. The van der Waals surface area contributed by atoms with Crippen LogP contribution in [0.15, 0.2) is 47.2 Å². The molecule has 0 unspecified atom stereocenters. The molecule has 0 aliphatic carbocycles.